The van der Waals surface area contributed by atoms with Crippen molar-refractivity contribution in [2.45, 2.75) is 57.9 Å². The molecule has 0 amide bonds. The Morgan fingerprint density at radius 1 is 1.20 bits per heavy atom. The first-order valence-corrected chi connectivity index (χ1v) is 8.13. The first-order chi connectivity index (χ1) is 9.63. The van der Waals surface area contributed by atoms with Crippen LogP contribution in [0.15, 0.2) is 18.2 Å². The highest BCUT2D eigenvalue weighted by Crippen LogP contribution is 2.41. The maximum absolute atomic E-state index is 13.6. The maximum Gasteiger partial charge on any atom is 0.123 e. The van der Waals surface area contributed by atoms with Gasteiger partial charge >= 0.3 is 0 Å². The second-order valence-electron chi connectivity index (χ2n) is 6.97. The monoisotopic (exact) mass is 275 g/mol. The van der Waals surface area contributed by atoms with Crippen molar-refractivity contribution in [2.24, 2.45) is 11.8 Å². The van der Waals surface area contributed by atoms with Crippen LogP contribution >= 0.6 is 0 Å². The molecule has 1 aromatic carbocycles. The van der Waals surface area contributed by atoms with E-state index in [2.05, 4.69) is 19.2 Å². The minimum Gasteiger partial charge on any atom is -0.314 e. The van der Waals surface area contributed by atoms with Crippen molar-refractivity contribution in [1.82, 2.24) is 5.32 Å². The van der Waals surface area contributed by atoms with Crippen molar-refractivity contribution in [1.29, 1.82) is 0 Å². The van der Waals surface area contributed by atoms with Crippen LogP contribution in [-0.2, 0) is 0 Å². The van der Waals surface area contributed by atoms with Crippen molar-refractivity contribution in [3.8, 4) is 0 Å². The van der Waals surface area contributed by atoms with Gasteiger partial charge in [0.25, 0.3) is 0 Å². The molecule has 1 aromatic rings. The largest absolute Gasteiger partial charge is 0.314 e. The molecule has 1 nitrogen and oxygen atoms in total. The lowest BCUT2D eigenvalue weighted by molar-refractivity contribution is 0.240. The first-order valence-electron chi connectivity index (χ1n) is 8.13. The van der Waals surface area contributed by atoms with E-state index in [0.29, 0.717) is 11.8 Å². The Hall–Kier alpha value is -0.890. The Labute approximate surface area is 122 Å². The van der Waals surface area contributed by atoms with Crippen LogP contribution < -0.4 is 5.32 Å². The highest BCUT2D eigenvalue weighted by molar-refractivity contribution is 5.31. The lowest BCUT2D eigenvalue weighted by atomic mass is 9.70. The zero-order valence-corrected chi connectivity index (χ0v) is 12.7. The normalized spacial score (nSPS) is 30.4. The van der Waals surface area contributed by atoms with Gasteiger partial charge < -0.3 is 5.32 Å². The van der Waals surface area contributed by atoms with Gasteiger partial charge in [-0.05, 0) is 80.2 Å². The van der Waals surface area contributed by atoms with Crippen LogP contribution in [0.2, 0.25) is 0 Å². The van der Waals surface area contributed by atoms with Gasteiger partial charge in [-0.15, -0.1) is 0 Å². The number of benzene rings is 1. The van der Waals surface area contributed by atoms with Gasteiger partial charge in [0.2, 0.25) is 0 Å². The summed E-state index contributed by atoms with van der Waals surface area (Å²) in [5, 5.41) is 3.68. The number of aryl methyl sites for hydroxylation is 1. The van der Waals surface area contributed by atoms with E-state index < -0.39 is 0 Å². The summed E-state index contributed by atoms with van der Waals surface area (Å²) in [6.45, 7) is 5.57. The molecule has 2 heteroatoms. The Bertz CT molecular complexity index is 466. The molecule has 0 aromatic heterocycles. The molecule has 3 rings (SSSR count). The molecule has 2 aliphatic carbocycles. The summed E-state index contributed by atoms with van der Waals surface area (Å²) in [7, 11) is 0. The molecule has 0 aliphatic heterocycles. The fourth-order valence-electron chi connectivity index (χ4n) is 3.69. The quantitative estimate of drug-likeness (QED) is 0.858. The summed E-state index contributed by atoms with van der Waals surface area (Å²) in [6.07, 6.45) is 6.49. The lowest BCUT2D eigenvalue weighted by Crippen LogP contribution is -2.32. The van der Waals surface area contributed by atoms with E-state index in [-0.39, 0.29) is 5.82 Å². The molecular formula is C18H26FN. The van der Waals surface area contributed by atoms with Gasteiger partial charge in [-0.3, -0.25) is 0 Å². The highest BCUT2D eigenvalue weighted by atomic mass is 19.1. The van der Waals surface area contributed by atoms with Crippen molar-refractivity contribution in [2.75, 3.05) is 6.54 Å². The van der Waals surface area contributed by atoms with E-state index in [1.807, 2.05) is 6.07 Å². The zero-order valence-electron chi connectivity index (χ0n) is 12.7. The molecule has 0 heterocycles. The third-order valence-corrected chi connectivity index (χ3v) is 5.14. The summed E-state index contributed by atoms with van der Waals surface area (Å²) in [5.74, 6) is 1.88. The third kappa shape index (κ3) is 3.22. The summed E-state index contributed by atoms with van der Waals surface area (Å²) < 4.78 is 13.6. The number of nitrogens with one attached hydrogen (secondary N) is 1. The zero-order chi connectivity index (χ0) is 14.1. The predicted molar refractivity (Wildman–Crippen MR) is 81.4 cm³/mol. The predicted octanol–water partition coefficient (Wildman–Crippen LogP) is 4.41. The molecule has 0 spiro atoms. The van der Waals surface area contributed by atoms with E-state index in [0.717, 1.165) is 18.5 Å². The van der Waals surface area contributed by atoms with Crippen LogP contribution in [0.1, 0.15) is 56.1 Å². The smallest absolute Gasteiger partial charge is 0.123 e. The number of halogens is 1. The SMILES string of the molecule is Cc1ccc(F)cc1C1CC(C)CCC1CNC1CC1. The van der Waals surface area contributed by atoms with Crippen molar-refractivity contribution >= 4 is 0 Å². The molecule has 110 valence electrons. The van der Waals surface area contributed by atoms with Gasteiger partial charge in [0.15, 0.2) is 0 Å². The summed E-state index contributed by atoms with van der Waals surface area (Å²) in [5.41, 5.74) is 2.50. The molecule has 2 saturated carbocycles. The third-order valence-electron chi connectivity index (χ3n) is 5.14. The Kier molecular flexibility index (Phi) is 4.11. The van der Waals surface area contributed by atoms with Crippen molar-refractivity contribution in [3.63, 3.8) is 0 Å². The van der Waals surface area contributed by atoms with Crippen LogP contribution in [0.4, 0.5) is 4.39 Å². The molecule has 20 heavy (non-hydrogen) atoms. The molecule has 2 fully saturated rings. The molecular weight excluding hydrogens is 249 g/mol. The van der Waals surface area contributed by atoms with Crippen LogP contribution in [0.25, 0.3) is 0 Å². The lowest BCUT2D eigenvalue weighted by Gasteiger charge is -2.36. The van der Waals surface area contributed by atoms with Gasteiger partial charge in [0.05, 0.1) is 0 Å². The first kappa shape index (κ1) is 14.1. The standard InChI is InChI=1S/C18H26FN/c1-12-3-5-14(11-20-16-7-8-16)18(9-12)17-10-15(19)6-4-13(17)2/h4,6,10,12,14,16,18,20H,3,5,7-9,11H2,1-2H3. The average Bonchev–Trinajstić information content (AvgIpc) is 3.24. The molecule has 2 aliphatic rings. The number of rotatable bonds is 4. The second-order valence-corrected chi connectivity index (χ2v) is 6.97. The molecule has 1 N–H and O–H groups in total. The van der Waals surface area contributed by atoms with Gasteiger partial charge in [-0.25, -0.2) is 4.39 Å². The van der Waals surface area contributed by atoms with E-state index in [9.17, 15) is 4.39 Å². The second kappa shape index (κ2) is 5.85. The molecule has 3 unspecified atom stereocenters. The van der Waals surface area contributed by atoms with Gasteiger partial charge in [0.1, 0.15) is 5.82 Å². The van der Waals surface area contributed by atoms with Crippen LogP contribution in [0.5, 0.6) is 0 Å². The van der Waals surface area contributed by atoms with Crippen molar-refractivity contribution in [3.05, 3.63) is 35.1 Å². The van der Waals surface area contributed by atoms with E-state index in [1.165, 1.54) is 43.2 Å². The molecule has 0 radical (unpaired) electrons. The van der Waals surface area contributed by atoms with E-state index >= 15 is 0 Å². The fourth-order valence-corrected chi connectivity index (χ4v) is 3.69. The summed E-state index contributed by atoms with van der Waals surface area (Å²) in [4.78, 5) is 0. The average molecular weight is 275 g/mol. The van der Waals surface area contributed by atoms with Gasteiger partial charge in [-0.1, -0.05) is 19.4 Å². The number of hydrogen-bond donors (Lipinski definition) is 1. The Balaban J connectivity index is 1.78. The van der Waals surface area contributed by atoms with Crippen LogP contribution in [0, 0.1) is 24.6 Å². The fraction of sp³-hybridized carbons (Fsp3) is 0.667. The Morgan fingerprint density at radius 3 is 2.75 bits per heavy atom. The topological polar surface area (TPSA) is 12.0 Å². The maximum atomic E-state index is 13.6. The summed E-state index contributed by atoms with van der Waals surface area (Å²) in [6, 6.07) is 6.07. The van der Waals surface area contributed by atoms with Crippen LogP contribution in [-0.4, -0.2) is 12.6 Å². The highest BCUT2D eigenvalue weighted by Gasteiger charge is 2.32. The Morgan fingerprint density at radius 2 is 2.00 bits per heavy atom. The molecule has 0 bridgehead atoms. The number of hydrogen-bond acceptors (Lipinski definition) is 1. The molecule has 0 saturated heterocycles. The minimum atomic E-state index is -0.0854. The van der Waals surface area contributed by atoms with E-state index in [4.69, 9.17) is 0 Å². The summed E-state index contributed by atoms with van der Waals surface area (Å²) >= 11 is 0. The van der Waals surface area contributed by atoms with Gasteiger partial charge in [0, 0.05) is 6.04 Å². The van der Waals surface area contributed by atoms with Crippen molar-refractivity contribution < 1.29 is 4.39 Å². The van der Waals surface area contributed by atoms with E-state index in [1.54, 1.807) is 12.1 Å². The van der Waals surface area contributed by atoms with Crippen LogP contribution in [0.3, 0.4) is 0 Å². The van der Waals surface area contributed by atoms with Gasteiger partial charge in [-0.2, -0.15) is 0 Å². The minimum absolute atomic E-state index is 0.0854. The molecule has 3 atom stereocenters.